The highest BCUT2D eigenvalue weighted by atomic mass is 32.1. The predicted molar refractivity (Wildman–Crippen MR) is 130 cm³/mol. The van der Waals surface area contributed by atoms with E-state index in [0.29, 0.717) is 12.2 Å². The maximum absolute atomic E-state index is 13.0. The Morgan fingerprint density at radius 2 is 1.78 bits per heavy atom. The van der Waals surface area contributed by atoms with E-state index in [9.17, 15) is 9.59 Å². The number of benzene rings is 2. The molecule has 5 nitrogen and oxygen atoms in total. The number of amides is 2. The van der Waals surface area contributed by atoms with Gasteiger partial charge in [0.05, 0.1) is 6.04 Å². The standard InChI is InChI=1S/C26H28N2O3S/c1-17-11-12-21(14-19(17)3)31-16-20(4)27-26(30)24(15-22-9-7-13-32-22)28-25(29)23-10-6-5-8-18(23)2/h5-15,20H,16H2,1-4H3,(H,27,30)(H,28,29)/b24-15-/t20-/m1/s1. The van der Waals surface area contributed by atoms with Gasteiger partial charge in [-0.2, -0.15) is 0 Å². The van der Waals surface area contributed by atoms with Crippen LogP contribution in [0.1, 0.15) is 38.8 Å². The summed E-state index contributed by atoms with van der Waals surface area (Å²) in [6.45, 7) is 8.13. The first kappa shape index (κ1) is 23.3. The first-order valence-electron chi connectivity index (χ1n) is 10.5. The molecular formula is C26H28N2O3S. The van der Waals surface area contributed by atoms with Gasteiger partial charge in [0.1, 0.15) is 18.1 Å². The van der Waals surface area contributed by atoms with Gasteiger partial charge in [-0.05, 0) is 80.1 Å². The van der Waals surface area contributed by atoms with Crippen molar-refractivity contribution in [3.8, 4) is 5.75 Å². The van der Waals surface area contributed by atoms with Crippen LogP contribution in [0.5, 0.6) is 5.75 Å². The Morgan fingerprint density at radius 3 is 2.47 bits per heavy atom. The molecule has 0 unspecified atom stereocenters. The zero-order valence-corrected chi connectivity index (χ0v) is 19.6. The monoisotopic (exact) mass is 448 g/mol. The van der Waals surface area contributed by atoms with Gasteiger partial charge >= 0.3 is 0 Å². The molecule has 6 heteroatoms. The molecule has 3 aromatic rings. The Bertz CT molecular complexity index is 1120. The number of nitrogens with one attached hydrogen (secondary N) is 2. The molecule has 0 saturated carbocycles. The van der Waals surface area contributed by atoms with Crippen molar-refractivity contribution in [1.82, 2.24) is 10.6 Å². The summed E-state index contributed by atoms with van der Waals surface area (Å²) in [6, 6.07) is 16.7. The molecule has 0 aliphatic rings. The molecule has 1 heterocycles. The van der Waals surface area contributed by atoms with Gasteiger partial charge in [-0.15, -0.1) is 11.3 Å². The highest BCUT2D eigenvalue weighted by molar-refractivity contribution is 7.10. The van der Waals surface area contributed by atoms with Crippen LogP contribution in [-0.2, 0) is 4.79 Å². The van der Waals surface area contributed by atoms with Crippen molar-refractivity contribution >= 4 is 29.2 Å². The number of hydrogen-bond donors (Lipinski definition) is 2. The summed E-state index contributed by atoms with van der Waals surface area (Å²) in [7, 11) is 0. The molecule has 2 amide bonds. The van der Waals surface area contributed by atoms with Gasteiger partial charge in [-0.25, -0.2) is 0 Å². The van der Waals surface area contributed by atoms with Crippen LogP contribution in [0, 0.1) is 20.8 Å². The van der Waals surface area contributed by atoms with Crippen molar-refractivity contribution in [3.63, 3.8) is 0 Å². The van der Waals surface area contributed by atoms with Crippen molar-refractivity contribution in [3.05, 3.63) is 92.8 Å². The molecule has 0 aliphatic carbocycles. The highest BCUT2D eigenvalue weighted by Gasteiger charge is 2.18. The van der Waals surface area contributed by atoms with E-state index in [-0.39, 0.29) is 23.6 Å². The third-order valence-corrected chi connectivity index (χ3v) is 5.89. The van der Waals surface area contributed by atoms with Gasteiger partial charge < -0.3 is 15.4 Å². The highest BCUT2D eigenvalue weighted by Crippen LogP contribution is 2.17. The molecule has 166 valence electrons. The molecule has 0 fully saturated rings. The number of aryl methyl sites for hydroxylation is 3. The fourth-order valence-corrected chi connectivity index (χ4v) is 3.72. The second-order valence-electron chi connectivity index (χ2n) is 7.77. The molecule has 2 aromatic carbocycles. The van der Waals surface area contributed by atoms with Crippen molar-refractivity contribution < 1.29 is 14.3 Å². The van der Waals surface area contributed by atoms with Crippen molar-refractivity contribution in [2.75, 3.05) is 6.61 Å². The minimum atomic E-state index is -0.364. The van der Waals surface area contributed by atoms with Crippen molar-refractivity contribution in [2.45, 2.75) is 33.7 Å². The largest absolute Gasteiger partial charge is 0.491 e. The Morgan fingerprint density at radius 1 is 1.00 bits per heavy atom. The average Bonchev–Trinajstić information content (AvgIpc) is 3.27. The lowest BCUT2D eigenvalue weighted by Gasteiger charge is -2.17. The third-order valence-electron chi connectivity index (χ3n) is 5.07. The van der Waals surface area contributed by atoms with Gasteiger partial charge in [0.15, 0.2) is 0 Å². The number of thiophene rings is 1. The van der Waals surface area contributed by atoms with E-state index in [1.807, 2.05) is 68.6 Å². The second-order valence-corrected chi connectivity index (χ2v) is 8.75. The predicted octanol–water partition coefficient (Wildman–Crippen LogP) is 5.03. The molecule has 0 saturated heterocycles. The molecule has 1 aromatic heterocycles. The van der Waals surface area contributed by atoms with E-state index in [2.05, 4.69) is 17.6 Å². The summed E-state index contributed by atoms with van der Waals surface area (Å²) in [4.78, 5) is 26.7. The summed E-state index contributed by atoms with van der Waals surface area (Å²) in [5, 5.41) is 7.62. The van der Waals surface area contributed by atoms with E-state index in [0.717, 1.165) is 21.8 Å². The zero-order valence-electron chi connectivity index (χ0n) is 18.8. The van der Waals surface area contributed by atoms with Crippen molar-refractivity contribution in [2.24, 2.45) is 0 Å². The average molecular weight is 449 g/mol. The fourth-order valence-electron chi connectivity index (χ4n) is 3.06. The molecule has 2 N–H and O–H groups in total. The minimum absolute atomic E-state index is 0.193. The Labute approximate surface area is 193 Å². The molecule has 32 heavy (non-hydrogen) atoms. The van der Waals surface area contributed by atoms with Crippen LogP contribution in [0.25, 0.3) is 6.08 Å². The van der Waals surface area contributed by atoms with E-state index in [1.165, 1.54) is 16.9 Å². The summed E-state index contributed by atoms with van der Waals surface area (Å²) in [5.41, 5.74) is 3.92. The smallest absolute Gasteiger partial charge is 0.268 e. The minimum Gasteiger partial charge on any atom is -0.491 e. The Balaban J connectivity index is 1.68. The van der Waals surface area contributed by atoms with Gasteiger partial charge in [-0.3, -0.25) is 9.59 Å². The number of ether oxygens (including phenoxy) is 1. The van der Waals surface area contributed by atoms with Crippen LogP contribution < -0.4 is 15.4 Å². The number of rotatable bonds is 8. The molecule has 3 rings (SSSR count). The molecular weight excluding hydrogens is 420 g/mol. The molecule has 0 bridgehead atoms. The lowest BCUT2D eigenvalue weighted by molar-refractivity contribution is -0.118. The Hall–Kier alpha value is -3.38. The number of carbonyl (C=O) groups excluding carboxylic acids is 2. The van der Waals surface area contributed by atoms with Gasteiger partial charge in [0, 0.05) is 10.4 Å². The van der Waals surface area contributed by atoms with E-state index in [1.54, 1.807) is 18.2 Å². The Kier molecular flexibility index (Phi) is 7.84. The third kappa shape index (κ3) is 6.31. The van der Waals surface area contributed by atoms with Crippen LogP contribution in [0.2, 0.25) is 0 Å². The van der Waals surface area contributed by atoms with Gasteiger partial charge in [0.25, 0.3) is 11.8 Å². The summed E-state index contributed by atoms with van der Waals surface area (Å²) >= 11 is 1.49. The normalized spacial score (nSPS) is 12.2. The van der Waals surface area contributed by atoms with Crippen LogP contribution in [0.4, 0.5) is 0 Å². The second kappa shape index (κ2) is 10.8. The fraction of sp³-hybridized carbons (Fsp3) is 0.231. The topological polar surface area (TPSA) is 67.4 Å². The molecule has 0 aliphatic heterocycles. The van der Waals surface area contributed by atoms with Crippen LogP contribution >= 0.6 is 11.3 Å². The summed E-state index contributed by atoms with van der Waals surface area (Å²) in [5.74, 6) is 0.0769. The maximum atomic E-state index is 13.0. The lowest BCUT2D eigenvalue weighted by Crippen LogP contribution is -2.41. The van der Waals surface area contributed by atoms with Gasteiger partial charge in [0.2, 0.25) is 0 Å². The molecule has 0 spiro atoms. The molecule has 1 atom stereocenters. The first-order chi connectivity index (χ1) is 15.3. The number of hydrogen-bond acceptors (Lipinski definition) is 4. The number of carbonyl (C=O) groups is 2. The lowest BCUT2D eigenvalue weighted by atomic mass is 10.1. The van der Waals surface area contributed by atoms with Crippen LogP contribution in [0.3, 0.4) is 0 Å². The van der Waals surface area contributed by atoms with Crippen molar-refractivity contribution in [1.29, 1.82) is 0 Å². The van der Waals surface area contributed by atoms with E-state index < -0.39 is 0 Å². The first-order valence-corrected chi connectivity index (χ1v) is 11.3. The summed E-state index contributed by atoms with van der Waals surface area (Å²) in [6.07, 6.45) is 1.69. The summed E-state index contributed by atoms with van der Waals surface area (Å²) < 4.78 is 5.84. The van der Waals surface area contributed by atoms with E-state index in [4.69, 9.17) is 4.74 Å². The van der Waals surface area contributed by atoms with Crippen LogP contribution in [0.15, 0.2) is 65.7 Å². The van der Waals surface area contributed by atoms with Crippen LogP contribution in [-0.4, -0.2) is 24.5 Å². The SMILES string of the molecule is Cc1ccc(OC[C@@H](C)NC(=O)/C(=C/c2cccs2)NC(=O)c2ccccc2C)cc1C. The maximum Gasteiger partial charge on any atom is 0.268 e. The van der Waals surface area contributed by atoms with Gasteiger partial charge in [-0.1, -0.05) is 30.3 Å². The van der Waals surface area contributed by atoms with E-state index >= 15 is 0 Å². The molecule has 0 radical (unpaired) electrons. The quantitative estimate of drug-likeness (QED) is 0.475. The zero-order chi connectivity index (χ0) is 23.1.